The molecule has 0 amide bonds. The van der Waals surface area contributed by atoms with Gasteiger partial charge >= 0.3 is 0 Å². The number of nitrogens with two attached hydrogens (primary N) is 1. The molecule has 20 heavy (non-hydrogen) atoms. The van der Waals surface area contributed by atoms with E-state index in [-0.39, 0.29) is 6.04 Å². The molecule has 0 aliphatic heterocycles. The summed E-state index contributed by atoms with van der Waals surface area (Å²) in [6.07, 6.45) is 2.43. The first-order valence-corrected chi connectivity index (χ1v) is 6.64. The summed E-state index contributed by atoms with van der Waals surface area (Å²) in [5.74, 6) is 0. The smallest absolute Gasteiger partial charge is 0.105 e. The van der Waals surface area contributed by atoms with Crippen LogP contribution in [0.5, 0.6) is 0 Å². The summed E-state index contributed by atoms with van der Waals surface area (Å²) in [4.78, 5) is 0. The first-order valence-electron chi connectivity index (χ1n) is 6.64. The van der Waals surface area contributed by atoms with Gasteiger partial charge in [-0.3, -0.25) is 0 Å². The summed E-state index contributed by atoms with van der Waals surface area (Å²) in [5, 5.41) is 11.4. The standard InChI is InChI=1S/C14H20FN5/c1-10(17-2)14-9-20(19-18-14)13-5-3-11(4-6-13)7-12(16)8-15/h3-6,9-10,12,17H,7-8,16H2,1-2H3/t10?,12-/m0/s1. The molecule has 1 heterocycles. The van der Waals surface area contributed by atoms with E-state index in [1.54, 1.807) is 4.68 Å². The van der Waals surface area contributed by atoms with Crippen molar-refractivity contribution >= 4 is 0 Å². The first kappa shape index (κ1) is 14.6. The summed E-state index contributed by atoms with van der Waals surface area (Å²) in [7, 11) is 1.88. The van der Waals surface area contributed by atoms with Crippen LogP contribution in [0.15, 0.2) is 30.5 Å². The molecule has 2 aromatic rings. The molecule has 2 rings (SSSR count). The van der Waals surface area contributed by atoms with Crippen molar-refractivity contribution in [1.82, 2.24) is 20.3 Å². The van der Waals surface area contributed by atoms with Gasteiger partial charge in [-0.15, -0.1) is 5.10 Å². The average molecular weight is 277 g/mol. The molecule has 0 spiro atoms. The Balaban J connectivity index is 2.11. The molecule has 108 valence electrons. The number of alkyl halides is 1. The average Bonchev–Trinajstić information content (AvgIpc) is 2.97. The zero-order chi connectivity index (χ0) is 14.5. The third-order valence-corrected chi connectivity index (χ3v) is 3.28. The van der Waals surface area contributed by atoms with E-state index < -0.39 is 12.7 Å². The van der Waals surface area contributed by atoms with Gasteiger partial charge in [0.2, 0.25) is 0 Å². The van der Waals surface area contributed by atoms with Gasteiger partial charge in [-0.05, 0) is 38.1 Å². The van der Waals surface area contributed by atoms with Crippen molar-refractivity contribution in [2.24, 2.45) is 5.73 Å². The SMILES string of the molecule is CNC(C)c1cn(-c2ccc(C[C@H](N)CF)cc2)nn1. The van der Waals surface area contributed by atoms with Crippen LogP contribution in [-0.2, 0) is 6.42 Å². The van der Waals surface area contributed by atoms with Crippen molar-refractivity contribution in [2.75, 3.05) is 13.7 Å². The van der Waals surface area contributed by atoms with Gasteiger partial charge in [-0.1, -0.05) is 17.3 Å². The molecule has 0 aliphatic rings. The van der Waals surface area contributed by atoms with Crippen LogP contribution in [0.4, 0.5) is 4.39 Å². The summed E-state index contributed by atoms with van der Waals surface area (Å²) in [5.41, 5.74) is 8.42. The van der Waals surface area contributed by atoms with Crippen LogP contribution in [0, 0.1) is 0 Å². The van der Waals surface area contributed by atoms with Crippen molar-refractivity contribution in [2.45, 2.75) is 25.4 Å². The molecule has 1 unspecified atom stereocenters. The Morgan fingerprint density at radius 1 is 1.35 bits per heavy atom. The van der Waals surface area contributed by atoms with Gasteiger partial charge in [0.25, 0.3) is 0 Å². The Labute approximate surface area is 118 Å². The number of aromatic nitrogens is 3. The Hall–Kier alpha value is -1.79. The zero-order valence-corrected chi connectivity index (χ0v) is 11.8. The number of rotatable bonds is 6. The zero-order valence-electron chi connectivity index (χ0n) is 11.8. The van der Waals surface area contributed by atoms with Crippen LogP contribution in [0.1, 0.15) is 24.2 Å². The van der Waals surface area contributed by atoms with Crippen LogP contribution in [-0.4, -0.2) is 34.8 Å². The van der Waals surface area contributed by atoms with Gasteiger partial charge in [0.05, 0.1) is 17.6 Å². The van der Waals surface area contributed by atoms with E-state index in [1.165, 1.54) is 0 Å². The van der Waals surface area contributed by atoms with Crippen molar-refractivity contribution < 1.29 is 4.39 Å². The highest BCUT2D eigenvalue weighted by Gasteiger charge is 2.09. The Morgan fingerprint density at radius 2 is 2.05 bits per heavy atom. The van der Waals surface area contributed by atoms with Gasteiger partial charge in [-0.2, -0.15) is 0 Å². The maximum absolute atomic E-state index is 12.4. The van der Waals surface area contributed by atoms with E-state index in [0.29, 0.717) is 6.42 Å². The van der Waals surface area contributed by atoms with Gasteiger partial charge in [0.15, 0.2) is 0 Å². The minimum Gasteiger partial charge on any atom is -0.325 e. The lowest BCUT2D eigenvalue weighted by Crippen LogP contribution is -2.24. The number of benzene rings is 1. The van der Waals surface area contributed by atoms with Crippen LogP contribution < -0.4 is 11.1 Å². The quantitative estimate of drug-likeness (QED) is 0.837. The largest absolute Gasteiger partial charge is 0.325 e. The van der Waals surface area contributed by atoms with E-state index in [2.05, 4.69) is 15.6 Å². The summed E-state index contributed by atoms with van der Waals surface area (Å²) in [6, 6.07) is 7.47. The fourth-order valence-electron chi connectivity index (χ4n) is 1.89. The highest BCUT2D eigenvalue weighted by molar-refractivity contribution is 5.34. The third-order valence-electron chi connectivity index (χ3n) is 3.28. The minimum atomic E-state index is -0.504. The van der Waals surface area contributed by atoms with Gasteiger partial charge < -0.3 is 11.1 Å². The molecule has 6 heteroatoms. The van der Waals surface area contributed by atoms with Crippen LogP contribution in [0.3, 0.4) is 0 Å². The first-order chi connectivity index (χ1) is 9.63. The molecule has 1 aromatic heterocycles. The highest BCUT2D eigenvalue weighted by atomic mass is 19.1. The van der Waals surface area contributed by atoms with Crippen LogP contribution >= 0.6 is 0 Å². The lowest BCUT2D eigenvalue weighted by molar-refractivity contribution is 0.427. The topological polar surface area (TPSA) is 68.8 Å². The fourth-order valence-corrected chi connectivity index (χ4v) is 1.89. The summed E-state index contributed by atoms with van der Waals surface area (Å²) in [6.45, 7) is 1.52. The number of hydrogen-bond acceptors (Lipinski definition) is 4. The molecule has 0 fully saturated rings. The minimum absolute atomic E-state index is 0.158. The number of nitrogens with one attached hydrogen (secondary N) is 1. The highest BCUT2D eigenvalue weighted by Crippen LogP contribution is 2.13. The fraction of sp³-hybridized carbons (Fsp3) is 0.429. The number of halogens is 1. The molecule has 0 aliphatic carbocycles. The Kier molecular flexibility index (Phi) is 4.81. The molecular formula is C14H20FN5. The van der Waals surface area contributed by atoms with Gasteiger partial charge in [0, 0.05) is 12.1 Å². The molecule has 2 atom stereocenters. The molecule has 0 saturated carbocycles. The van der Waals surface area contributed by atoms with E-state index in [0.717, 1.165) is 16.9 Å². The monoisotopic (exact) mass is 277 g/mol. The lowest BCUT2D eigenvalue weighted by Gasteiger charge is -2.08. The summed E-state index contributed by atoms with van der Waals surface area (Å²) >= 11 is 0. The molecular weight excluding hydrogens is 257 g/mol. The van der Waals surface area contributed by atoms with Crippen molar-refractivity contribution in [1.29, 1.82) is 0 Å². The van der Waals surface area contributed by atoms with Gasteiger partial charge in [-0.25, -0.2) is 9.07 Å². The van der Waals surface area contributed by atoms with Crippen molar-refractivity contribution in [3.63, 3.8) is 0 Å². The Bertz CT molecular complexity index is 537. The third kappa shape index (κ3) is 3.40. The number of nitrogens with zero attached hydrogens (tertiary/aromatic N) is 3. The summed E-state index contributed by atoms with van der Waals surface area (Å²) < 4.78 is 14.1. The van der Waals surface area contributed by atoms with Crippen LogP contribution in [0.25, 0.3) is 5.69 Å². The maximum atomic E-state index is 12.4. The predicted molar refractivity (Wildman–Crippen MR) is 76.5 cm³/mol. The van der Waals surface area contributed by atoms with Crippen LogP contribution in [0.2, 0.25) is 0 Å². The van der Waals surface area contributed by atoms with E-state index in [4.69, 9.17) is 5.73 Å². The predicted octanol–water partition coefficient (Wildman–Crippen LogP) is 1.39. The number of hydrogen-bond donors (Lipinski definition) is 2. The normalized spacial score (nSPS) is 14.2. The molecule has 0 saturated heterocycles. The van der Waals surface area contributed by atoms with E-state index in [1.807, 2.05) is 44.4 Å². The molecule has 0 radical (unpaired) electrons. The second kappa shape index (κ2) is 6.58. The Morgan fingerprint density at radius 3 is 2.65 bits per heavy atom. The second-order valence-electron chi connectivity index (χ2n) is 4.88. The molecule has 5 nitrogen and oxygen atoms in total. The van der Waals surface area contributed by atoms with E-state index in [9.17, 15) is 4.39 Å². The van der Waals surface area contributed by atoms with E-state index >= 15 is 0 Å². The molecule has 3 N–H and O–H groups in total. The van der Waals surface area contributed by atoms with Gasteiger partial charge in [0.1, 0.15) is 6.67 Å². The second-order valence-corrected chi connectivity index (χ2v) is 4.88. The molecule has 0 bridgehead atoms. The lowest BCUT2D eigenvalue weighted by atomic mass is 10.1. The maximum Gasteiger partial charge on any atom is 0.105 e. The molecule has 1 aromatic carbocycles. The van der Waals surface area contributed by atoms with Crippen molar-refractivity contribution in [3.8, 4) is 5.69 Å². The van der Waals surface area contributed by atoms with Crippen molar-refractivity contribution in [3.05, 3.63) is 41.7 Å².